The van der Waals surface area contributed by atoms with Crippen LogP contribution >= 0.6 is 0 Å². The third-order valence-electron chi connectivity index (χ3n) is 4.70. The van der Waals surface area contributed by atoms with E-state index < -0.39 is 0 Å². The molecule has 1 aliphatic carbocycles. The lowest BCUT2D eigenvalue weighted by atomic mass is 9.91. The van der Waals surface area contributed by atoms with E-state index in [1.807, 2.05) is 0 Å². The SMILES string of the molecule is COC(=O)C(NC1CCCC1C1CCCN1)C(C)C. The minimum absolute atomic E-state index is 0.125. The average molecular weight is 268 g/mol. The summed E-state index contributed by atoms with van der Waals surface area (Å²) < 4.78 is 4.93. The zero-order valence-corrected chi connectivity index (χ0v) is 12.4. The maximum Gasteiger partial charge on any atom is 0.323 e. The lowest BCUT2D eigenvalue weighted by Crippen LogP contribution is -2.51. The van der Waals surface area contributed by atoms with Gasteiger partial charge in [0, 0.05) is 12.1 Å². The quantitative estimate of drug-likeness (QED) is 0.745. The number of esters is 1. The Bertz CT molecular complexity index is 301. The first kappa shape index (κ1) is 14.8. The van der Waals surface area contributed by atoms with Crippen molar-refractivity contribution in [3.8, 4) is 0 Å². The number of carbonyl (C=O) groups excluding carboxylic acids is 1. The standard InChI is InChI=1S/C15H28N2O2/c1-10(2)14(15(18)19-3)17-13-7-4-6-11(13)12-8-5-9-16-12/h10-14,16-17H,4-9H2,1-3H3. The summed E-state index contributed by atoms with van der Waals surface area (Å²) in [5.41, 5.74) is 0. The highest BCUT2D eigenvalue weighted by atomic mass is 16.5. The second-order valence-electron chi connectivity index (χ2n) is 6.32. The highest BCUT2D eigenvalue weighted by molar-refractivity contribution is 5.76. The maximum absolute atomic E-state index is 11.9. The van der Waals surface area contributed by atoms with Crippen LogP contribution in [-0.2, 0) is 9.53 Å². The Balaban J connectivity index is 1.97. The first-order valence-corrected chi connectivity index (χ1v) is 7.70. The van der Waals surface area contributed by atoms with Crippen LogP contribution in [0.5, 0.6) is 0 Å². The molecule has 2 rings (SSSR count). The van der Waals surface area contributed by atoms with Gasteiger partial charge in [0.25, 0.3) is 0 Å². The molecule has 1 aliphatic heterocycles. The normalized spacial score (nSPS) is 32.7. The Hall–Kier alpha value is -0.610. The van der Waals surface area contributed by atoms with Crippen molar-refractivity contribution in [3.63, 3.8) is 0 Å². The fourth-order valence-corrected chi connectivity index (χ4v) is 3.64. The van der Waals surface area contributed by atoms with Crippen LogP contribution in [0.1, 0.15) is 46.0 Å². The van der Waals surface area contributed by atoms with Crippen molar-refractivity contribution in [1.82, 2.24) is 10.6 Å². The predicted molar refractivity (Wildman–Crippen MR) is 75.9 cm³/mol. The third kappa shape index (κ3) is 3.48. The molecular formula is C15H28N2O2. The van der Waals surface area contributed by atoms with Gasteiger partial charge in [0.1, 0.15) is 6.04 Å². The summed E-state index contributed by atoms with van der Waals surface area (Å²) in [6, 6.07) is 0.935. The van der Waals surface area contributed by atoms with Gasteiger partial charge in [0.15, 0.2) is 0 Å². The number of carbonyl (C=O) groups is 1. The Morgan fingerprint density at radius 1 is 1.26 bits per heavy atom. The van der Waals surface area contributed by atoms with Gasteiger partial charge in [-0.2, -0.15) is 0 Å². The lowest BCUT2D eigenvalue weighted by Gasteiger charge is -2.31. The highest BCUT2D eigenvalue weighted by Crippen LogP contribution is 2.32. The molecule has 0 amide bonds. The molecule has 110 valence electrons. The van der Waals surface area contributed by atoms with Gasteiger partial charge in [-0.25, -0.2) is 0 Å². The van der Waals surface area contributed by atoms with Gasteiger partial charge in [-0.1, -0.05) is 20.3 Å². The van der Waals surface area contributed by atoms with Crippen molar-refractivity contribution in [2.75, 3.05) is 13.7 Å². The van der Waals surface area contributed by atoms with Crippen LogP contribution in [0.2, 0.25) is 0 Å². The van der Waals surface area contributed by atoms with E-state index in [9.17, 15) is 4.79 Å². The minimum Gasteiger partial charge on any atom is -0.468 e. The van der Waals surface area contributed by atoms with Crippen molar-refractivity contribution in [3.05, 3.63) is 0 Å². The molecule has 4 atom stereocenters. The van der Waals surface area contributed by atoms with E-state index in [-0.39, 0.29) is 17.9 Å². The monoisotopic (exact) mass is 268 g/mol. The van der Waals surface area contributed by atoms with Crippen molar-refractivity contribution >= 4 is 5.97 Å². The van der Waals surface area contributed by atoms with Gasteiger partial charge in [0.05, 0.1) is 7.11 Å². The Kier molecular flexibility index (Phi) is 5.22. The van der Waals surface area contributed by atoms with Gasteiger partial charge >= 0.3 is 5.97 Å². The van der Waals surface area contributed by atoms with Gasteiger partial charge in [-0.05, 0) is 44.1 Å². The van der Waals surface area contributed by atoms with Crippen molar-refractivity contribution in [2.45, 2.75) is 64.1 Å². The van der Waals surface area contributed by atoms with E-state index in [4.69, 9.17) is 4.74 Å². The molecule has 4 heteroatoms. The number of nitrogens with one attached hydrogen (secondary N) is 2. The molecule has 1 saturated carbocycles. The predicted octanol–water partition coefficient (Wildman–Crippen LogP) is 1.69. The van der Waals surface area contributed by atoms with Crippen molar-refractivity contribution < 1.29 is 9.53 Å². The number of ether oxygens (including phenoxy) is 1. The van der Waals surface area contributed by atoms with Crippen molar-refractivity contribution in [1.29, 1.82) is 0 Å². The second-order valence-corrected chi connectivity index (χ2v) is 6.32. The summed E-state index contributed by atoms with van der Waals surface area (Å²) in [6.45, 7) is 5.30. The summed E-state index contributed by atoms with van der Waals surface area (Å²) in [4.78, 5) is 11.9. The second kappa shape index (κ2) is 6.71. The maximum atomic E-state index is 11.9. The van der Waals surface area contributed by atoms with Crippen molar-refractivity contribution in [2.24, 2.45) is 11.8 Å². The van der Waals surface area contributed by atoms with Gasteiger partial charge in [0.2, 0.25) is 0 Å². The molecule has 0 aromatic heterocycles. The van der Waals surface area contributed by atoms with Crippen LogP contribution in [0, 0.1) is 11.8 Å². The molecule has 0 bridgehead atoms. The van der Waals surface area contributed by atoms with Crippen LogP contribution in [0.15, 0.2) is 0 Å². The minimum atomic E-state index is -0.169. The molecule has 0 spiro atoms. The van der Waals surface area contributed by atoms with Crippen LogP contribution in [-0.4, -0.2) is 37.7 Å². The van der Waals surface area contributed by atoms with Crippen LogP contribution in [0.3, 0.4) is 0 Å². The van der Waals surface area contributed by atoms with E-state index in [0.717, 1.165) is 6.54 Å². The molecule has 2 fully saturated rings. The first-order valence-electron chi connectivity index (χ1n) is 7.70. The van der Waals surface area contributed by atoms with E-state index in [2.05, 4.69) is 24.5 Å². The molecule has 2 N–H and O–H groups in total. The molecule has 2 aliphatic rings. The number of methoxy groups -OCH3 is 1. The molecule has 4 unspecified atom stereocenters. The summed E-state index contributed by atoms with van der Waals surface area (Å²) in [5, 5.41) is 7.20. The van der Waals surface area contributed by atoms with Gasteiger partial charge < -0.3 is 15.4 Å². The number of hydrogen-bond acceptors (Lipinski definition) is 4. The van der Waals surface area contributed by atoms with E-state index in [1.54, 1.807) is 0 Å². The molecule has 0 radical (unpaired) electrons. The van der Waals surface area contributed by atoms with Crippen LogP contribution in [0.25, 0.3) is 0 Å². The van der Waals surface area contributed by atoms with E-state index in [1.165, 1.54) is 39.2 Å². The fraction of sp³-hybridized carbons (Fsp3) is 0.933. The zero-order chi connectivity index (χ0) is 13.8. The molecular weight excluding hydrogens is 240 g/mol. The number of hydrogen-bond donors (Lipinski definition) is 2. The summed E-state index contributed by atoms with van der Waals surface area (Å²) in [7, 11) is 1.48. The molecule has 0 aromatic carbocycles. The van der Waals surface area contributed by atoms with E-state index in [0.29, 0.717) is 18.0 Å². The van der Waals surface area contributed by atoms with Gasteiger partial charge in [-0.15, -0.1) is 0 Å². The summed E-state index contributed by atoms with van der Waals surface area (Å²) in [6.07, 6.45) is 6.31. The Morgan fingerprint density at radius 2 is 2.05 bits per heavy atom. The summed E-state index contributed by atoms with van der Waals surface area (Å²) >= 11 is 0. The average Bonchev–Trinajstić information content (AvgIpc) is 3.04. The summed E-state index contributed by atoms with van der Waals surface area (Å²) in [5.74, 6) is 0.818. The number of rotatable bonds is 5. The lowest BCUT2D eigenvalue weighted by molar-refractivity contribution is -0.144. The smallest absolute Gasteiger partial charge is 0.323 e. The topological polar surface area (TPSA) is 50.4 Å². The molecule has 1 heterocycles. The fourth-order valence-electron chi connectivity index (χ4n) is 3.64. The first-order chi connectivity index (χ1) is 9.13. The molecule has 4 nitrogen and oxygen atoms in total. The van der Waals surface area contributed by atoms with Crippen LogP contribution in [0.4, 0.5) is 0 Å². The Labute approximate surface area is 116 Å². The highest BCUT2D eigenvalue weighted by Gasteiger charge is 2.37. The molecule has 1 saturated heterocycles. The third-order valence-corrected chi connectivity index (χ3v) is 4.70. The zero-order valence-electron chi connectivity index (χ0n) is 12.4. The van der Waals surface area contributed by atoms with Crippen LogP contribution < -0.4 is 10.6 Å². The Morgan fingerprint density at radius 3 is 2.63 bits per heavy atom. The van der Waals surface area contributed by atoms with E-state index >= 15 is 0 Å². The van der Waals surface area contributed by atoms with Gasteiger partial charge in [-0.3, -0.25) is 4.79 Å². The molecule has 19 heavy (non-hydrogen) atoms. The largest absolute Gasteiger partial charge is 0.468 e. The molecule has 0 aromatic rings.